The van der Waals surface area contributed by atoms with E-state index in [2.05, 4.69) is 20.6 Å². The molecular weight excluding hydrogens is 362 g/mol. The summed E-state index contributed by atoms with van der Waals surface area (Å²) < 4.78 is 0. The number of benzene rings is 2. The molecular formula is C20H20ClN5O. The number of nitrogens with one attached hydrogen (secondary N) is 2. The molecule has 7 heteroatoms. The first-order valence-corrected chi connectivity index (χ1v) is 8.75. The second kappa shape index (κ2) is 8.05. The van der Waals surface area contributed by atoms with Crippen LogP contribution in [0.4, 0.5) is 23.0 Å². The molecule has 0 aliphatic heterocycles. The molecule has 2 N–H and O–H groups in total. The fourth-order valence-electron chi connectivity index (χ4n) is 2.47. The predicted molar refractivity (Wildman–Crippen MR) is 110 cm³/mol. The van der Waals surface area contributed by atoms with Crippen LogP contribution in [-0.2, 0) is 0 Å². The van der Waals surface area contributed by atoms with Gasteiger partial charge in [0.2, 0.25) is 5.95 Å². The van der Waals surface area contributed by atoms with Crippen molar-refractivity contribution in [3.8, 4) is 0 Å². The van der Waals surface area contributed by atoms with Gasteiger partial charge >= 0.3 is 0 Å². The van der Waals surface area contributed by atoms with Crippen molar-refractivity contribution in [2.75, 3.05) is 29.6 Å². The standard InChI is InChI=1S/C20H20ClN5O/c1-13-12-14(21)4-9-17(13)24-20-22-11-10-18(25-20)19(27)23-15-5-7-16(8-6-15)26(2)3/h4-12H,1-3H3,(H,23,27)(H,22,24,25). The summed E-state index contributed by atoms with van der Waals surface area (Å²) in [4.78, 5) is 23.0. The fourth-order valence-corrected chi connectivity index (χ4v) is 2.70. The van der Waals surface area contributed by atoms with Gasteiger partial charge in [0.15, 0.2) is 0 Å². The zero-order valence-corrected chi connectivity index (χ0v) is 16.1. The summed E-state index contributed by atoms with van der Waals surface area (Å²) in [6.07, 6.45) is 1.55. The van der Waals surface area contributed by atoms with E-state index in [4.69, 9.17) is 11.6 Å². The predicted octanol–water partition coefficient (Wildman–Crippen LogP) is 4.50. The van der Waals surface area contributed by atoms with E-state index in [-0.39, 0.29) is 11.6 Å². The minimum absolute atomic E-state index is 0.274. The average Bonchev–Trinajstić information content (AvgIpc) is 2.65. The molecule has 1 aromatic heterocycles. The topological polar surface area (TPSA) is 70.2 Å². The van der Waals surface area contributed by atoms with Crippen molar-refractivity contribution >= 4 is 40.5 Å². The molecule has 0 spiro atoms. The lowest BCUT2D eigenvalue weighted by Gasteiger charge is -2.13. The number of rotatable bonds is 5. The van der Waals surface area contributed by atoms with Crippen LogP contribution >= 0.6 is 11.6 Å². The summed E-state index contributed by atoms with van der Waals surface area (Å²) in [5, 5.41) is 6.61. The van der Waals surface area contributed by atoms with Crippen LogP contribution in [0.1, 0.15) is 16.1 Å². The lowest BCUT2D eigenvalue weighted by atomic mass is 10.2. The molecule has 0 radical (unpaired) electrons. The summed E-state index contributed by atoms with van der Waals surface area (Å²) in [6, 6.07) is 14.6. The molecule has 2 aromatic carbocycles. The first-order chi connectivity index (χ1) is 12.9. The van der Waals surface area contributed by atoms with Gasteiger partial charge in [-0.2, -0.15) is 0 Å². The van der Waals surface area contributed by atoms with E-state index in [0.29, 0.717) is 16.7 Å². The molecule has 3 rings (SSSR count). The number of amides is 1. The van der Waals surface area contributed by atoms with Gasteiger partial charge in [0.25, 0.3) is 5.91 Å². The van der Waals surface area contributed by atoms with Gasteiger partial charge < -0.3 is 15.5 Å². The Bertz CT molecular complexity index is 957. The molecule has 0 aliphatic carbocycles. The van der Waals surface area contributed by atoms with Gasteiger partial charge in [-0.15, -0.1) is 0 Å². The number of anilines is 4. The van der Waals surface area contributed by atoms with Crippen LogP contribution < -0.4 is 15.5 Å². The fraction of sp³-hybridized carbons (Fsp3) is 0.150. The van der Waals surface area contributed by atoms with Crippen LogP contribution in [0.25, 0.3) is 0 Å². The van der Waals surface area contributed by atoms with Crippen LogP contribution in [0, 0.1) is 6.92 Å². The van der Waals surface area contributed by atoms with Gasteiger partial charge in [0.05, 0.1) is 0 Å². The molecule has 0 saturated carbocycles. The lowest BCUT2D eigenvalue weighted by molar-refractivity contribution is 0.102. The third kappa shape index (κ3) is 4.74. The van der Waals surface area contributed by atoms with Crippen molar-refractivity contribution in [3.05, 3.63) is 71.0 Å². The summed E-state index contributed by atoms with van der Waals surface area (Å²) >= 11 is 5.98. The van der Waals surface area contributed by atoms with Gasteiger partial charge in [-0.05, 0) is 61.0 Å². The summed E-state index contributed by atoms with van der Waals surface area (Å²) in [5.74, 6) is 0.0434. The smallest absolute Gasteiger partial charge is 0.274 e. The maximum Gasteiger partial charge on any atom is 0.274 e. The summed E-state index contributed by atoms with van der Waals surface area (Å²) in [5.41, 5.74) is 3.82. The Kier molecular flexibility index (Phi) is 5.57. The number of aromatic nitrogens is 2. The molecule has 0 atom stereocenters. The average molecular weight is 382 g/mol. The van der Waals surface area contributed by atoms with Crippen LogP contribution in [0.5, 0.6) is 0 Å². The number of hydrogen-bond acceptors (Lipinski definition) is 5. The Morgan fingerprint density at radius 2 is 1.81 bits per heavy atom. The van der Waals surface area contributed by atoms with E-state index < -0.39 is 0 Å². The molecule has 1 heterocycles. The SMILES string of the molecule is Cc1cc(Cl)ccc1Nc1nccc(C(=O)Nc2ccc(N(C)C)cc2)n1. The van der Waals surface area contributed by atoms with Crippen molar-refractivity contribution in [3.63, 3.8) is 0 Å². The highest BCUT2D eigenvalue weighted by molar-refractivity contribution is 6.30. The Labute approximate surface area is 163 Å². The highest BCUT2D eigenvalue weighted by Gasteiger charge is 2.10. The zero-order chi connectivity index (χ0) is 19.4. The molecule has 3 aromatic rings. The van der Waals surface area contributed by atoms with Crippen LogP contribution in [0.2, 0.25) is 5.02 Å². The number of carbonyl (C=O) groups excluding carboxylic acids is 1. The molecule has 6 nitrogen and oxygen atoms in total. The molecule has 0 saturated heterocycles. The van der Waals surface area contributed by atoms with Crippen LogP contribution in [0.3, 0.4) is 0 Å². The normalized spacial score (nSPS) is 10.4. The van der Waals surface area contributed by atoms with Gasteiger partial charge in [0.1, 0.15) is 5.69 Å². The summed E-state index contributed by atoms with van der Waals surface area (Å²) in [7, 11) is 3.93. The minimum Gasteiger partial charge on any atom is -0.378 e. The molecule has 0 aliphatic rings. The molecule has 0 bridgehead atoms. The van der Waals surface area contributed by atoms with E-state index in [1.807, 2.05) is 62.3 Å². The van der Waals surface area contributed by atoms with Crippen LogP contribution in [0.15, 0.2) is 54.7 Å². The first kappa shape index (κ1) is 18.7. The number of halogens is 1. The van der Waals surface area contributed by atoms with Gasteiger partial charge in [-0.3, -0.25) is 4.79 Å². The number of aryl methyl sites for hydroxylation is 1. The number of hydrogen-bond donors (Lipinski definition) is 2. The third-order valence-electron chi connectivity index (χ3n) is 3.96. The Morgan fingerprint density at radius 1 is 1.07 bits per heavy atom. The summed E-state index contributed by atoms with van der Waals surface area (Å²) in [6.45, 7) is 1.93. The molecule has 1 amide bonds. The van der Waals surface area contributed by atoms with E-state index in [0.717, 1.165) is 16.9 Å². The second-order valence-corrected chi connectivity index (χ2v) is 6.68. The van der Waals surface area contributed by atoms with Crippen molar-refractivity contribution in [1.82, 2.24) is 9.97 Å². The van der Waals surface area contributed by atoms with Gasteiger partial charge in [-0.1, -0.05) is 11.6 Å². The van der Waals surface area contributed by atoms with Gasteiger partial charge in [-0.25, -0.2) is 9.97 Å². The van der Waals surface area contributed by atoms with Crippen molar-refractivity contribution in [2.24, 2.45) is 0 Å². The highest BCUT2D eigenvalue weighted by atomic mass is 35.5. The largest absolute Gasteiger partial charge is 0.378 e. The van der Waals surface area contributed by atoms with E-state index >= 15 is 0 Å². The Hall–Kier alpha value is -3.12. The molecule has 27 heavy (non-hydrogen) atoms. The van der Waals surface area contributed by atoms with E-state index in [9.17, 15) is 4.79 Å². The third-order valence-corrected chi connectivity index (χ3v) is 4.20. The number of carbonyl (C=O) groups is 1. The maximum absolute atomic E-state index is 12.5. The van der Waals surface area contributed by atoms with Gasteiger partial charge in [0, 0.05) is 42.4 Å². The van der Waals surface area contributed by atoms with Crippen LogP contribution in [-0.4, -0.2) is 30.0 Å². The monoisotopic (exact) mass is 381 g/mol. The zero-order valence-electron chi connectivity index (χ0n) is 15.3. The van der Waals surface area contributed by atoms with Crippen molar-refractivity contribution in [2.45, 2.75) is 6.92 Å². The minimum atomic E-state index is -0.300. The molecule has 0 fully saturated rings. The lowest BCUT2D eigenvalue weighted by Crippen LogP contribution is -2.15. The van der Waals surface area contributed by atoms with Crippen molar-refractivity contribution < 1.29 is 4.79 Å². The number of nitrogens with zero attached hydrogens (tertiary/aromatic N) is 3. The molecule has 0 unspecified atom stereocenters. The Morgan fingerprint density at radius 3 is 2.48 bits per heavy atom. The van der Waals surface area contributed by atoms with Crippen molar-refractivity contribution in [1.29, 1.82) is 0 Å². The second-order valence-electron chi connectivity index (χ2n) is 6.25. The molecule has 138 valence electrons. The maximum atomic E-state index is 12.5. The van der Waals surface area contributed by atoms with E-state index in [1.54, 1.807) is 18.3 Å². The quantitative estimate of drug-likeness (QED) is 0.680. The van der Waals surface area contributed by atoms with E-state index in [1.165, 1.54) is 0 Å². The highest BCUT2D eigenvalue weighted by Crippen LogP contribution is 2.22. The Balaban J connectivity index is 1.73. The first-order valence-electron chi connectivity index (χ1n) is 8.37.